The molecule has 2 aliphatic rings. The highest BCUT2D eigenvalue weighted by atomic mass is 16.5. The van der Waals surface area contributed by atoms with Crippen LogP contribution < -0.4 is 15.0 Å². The number of morpholine rings is 1. The van der Waals surface area contributed by atoms with E-state index in [1.165, 1.54) is 5.56 Å². The molecule has 2 aromatic rings. The second-order valence-corrected chi connectivity index (χ2v) is 6.17. The Kier molecular flexibility index (Phi) is 4.57. The fraction of sp³-hybridized carbons (Fsp3) is 0.444. The number of anilines is 1. The maximum Gasteiger partial charge on any atom is 0.225 e. The molecule has 1 aromatic heterocycles. The van der Waals surface area contributed by atoms with E-state index < -0.39 is 0 Å². The van der Waals surface area contributed by atoms with Gasteiger partial charge in [0.1, 0.15) is 11.9 Å². The Labute approximate surface area is 141 Å². The van der Waals surface area contributed by atoms with Gasteiger partial charge in [0.25, 0.3) is 0 Å². The molecule has 6 heteroatoms. The number of para-hydroxylation sites is 1. The van der Waals surface area contributed by atoms with E-state index in [4.69, 9.17) is 9.47 Å². The summed E-state index contributed by atoms with van der Waals surface area (Å²) in [6.45, 7) is 4.78. The number of benzene rings is 1. The minimum Gasteiger partial charge on any atom is -0.488 e. The summed E-state index contributed by atoms with van der Waals surface area (Å²) in [5.74, 6) is 1.80. The lowest BCUT2D eigenvalue weighted by Crippen LogP contribution is -2.37. The minimum atomic E-state index is 0.205. The third-order valence-electron chi connectivity index (χ3n) is 4.40. The van der Waals surface area contributed by atoms with Gasteiger partial charge in [-0.25, -0.2) is 9.97 Å². The van der Waals surface area contributed by atoms with Gasteiger partial charge >= 0.3 is 0 Å². The molecule has 2 aliphatic heterocycles. The fourth-order valence-corrected chi connectivity index (χ4v) is 3.11. The number of nitrogens with zero attached hydrogens (tertiary/aromatic N) is 3. The standard InChI is InChI=1S/C18H22N4O2/c1-2-4-17-15(3-1)9-16(24-17)13-19-10-14-11-20-18(21-12-14)22-5-7-23-8-6-22/h1-4,11-12,16,19H,5-10,13H2/t16-/m1/s1. The van der Waals surface area contributed by atoms with Crippen LogP contribution in [0.15, 0.2) is 36.7 Å². The number of ether oxygens (including phenoxy) is 2. The Morgan fingerprint density at radius 1 is 1.12 bits per heavy atom. The number of aromatic nitrogens is 2. The van der Waals surface area contributed by atoms with Gasteiger partial charge in [-0.1, -0.05) is 18.2 Å². The Balaban J connectivity index is 1.25. The molecule has 24 heavy (non-hydrogen) atoms. The molecule has 4 rings (SSSR count). The third kappa shape index (κ3) is 3.49. The Morgan fingerprint density at radius 2 is 1.92 bits per heavy atom. The molecule has 0 unspecified atom stereocenters. The molecule has 1 N–H and O–H groups in total. The number of hydrogen-bond donors (Lipinski definition) is 1. The van der Waals surface area contributed by atoms with Gasteiger partial charge in [-0.15, -0.1) is 0 Å². The molecule has 1 saturated heterocycles. The zero-order chi connectivity index (χ0) is 16.2. The highest BCUT2D eigenvalue weighted by Gasteiger charge is 2.21. The molecule has 0 bridgehead atoms. The Bertz CT molecular complexity index is 646. The van der Waals surface area contributed by atoms with Gasteiger partial charge in [-0.2, -0.15) is 0 Å². The third-order valence-corrected chi connectivity index (χ3v) is 4.40. The lowest BCUT2D eigenvalue weighted by Gasteiger charge is -2.26. The summed E-state index contributed by atoms with van der Waals surface area (Å²) in [5.41, 5.74) is 2.38. The summed E-state index contributed by atoms with van der Waals surface area (Å²) in [6.07, 6.45) is 4.97. The van der Waals surface area contributed by atoms with Crippen molar-refractivity contribution in [3.63, 3.8) is 0 Å². The molecule has 1 aromatic carbocycles. The van der Waals surface area contributed by atoms with Crippen LogP contribution in [0.4, 0.5) is 5.95 Å². The van der Waals surface area contributed by atoms with Gasteiger partial charge in [0.2, 0.25) is 5.95 Å². The monoisotopic (exact) mass is 326 g/mol. The van der Waals surface area contributed by atoms with E-state index in [2.05, 4.69) is 32.3 Å². The van der Waals surface area contributed by atoms with Crippen LogP contribution in [0.25, 0.3) is 0 Å². The number of fused-ring (bicyclic) bond motifs is 1. The molecule has 1 atom stereocenters. The quantitative estimate of drug-likeness (QED) is 0.896. The van der Waals surface area contributed by atoms with Crippen LogP contribution in [0.5, 0.6) is 5.75 Å². The van der Waals surface area contributed by atoms with Gasteiger partial charge in [0, 0.05) is 50.6 Å². The lowest BCUT2D eigenvalue weighted by atomic mass is 10.1. The molecule has 0 radical (unpaired) electrons. The normalized spacial score (nSPS) is 19.8. The first-order chi connectivity index (χ1) is 11.9. The second-order valence-electron chi connectivity index (χ2n) is 6.17. The van der Waals surface area contributed by atoms with E-state index in [0.29, 0.717) is 0 Å². The van der Waals surface area contributed by atoms with Gasteiger partial charge in [0.15, 0.2) is 0 Å². The Morgan fingerprint density at radius 3 is 2.71 bits per heavy atom. The topological polar surface area (TPSA) is 59.5 Å². The van der Waals surface area contributed by atoms with Crippen LogP contribution in [0, 0.1) is 0 Å². The molecule has 0 spiro atoms. The SMILES string of the molecule is c1ccc2c(c1)C[C@H](CNCc1cnc(N3CCOCC3)nc1)O2. The molecule has 0 amide bonds. The maximum atomic E-state index is 5.93. The van der Waals surface area contributed by atoms with Crippen molar-refractivity contribution in [3.8, 4) is 5.75 Å². The van der Waals surface area contributed by atoms with Crippen molar-refractivity contribution in [2.45, 2.75) is 19.1 Å². The van der Waals surface area contributed by atoms with E-state index in [9.17, 15) is 0 Å². The number of hydrogen-bond acceptors (Lipinski definition) is 6. The van der Waals surface area contributed by atoms with Crippen molar-refractivity contribution in [3.05, 3.63) is 47.8 Å². The average Bonchev–Trinajstić information content (AvgIpc) is 3.06. The number of rotatable bonds is 5. The zero-order valence-electron chi connectivity index (χ0n) is 13.6. The molecule has 3 heterocycles. The molecule has 126 valence electrons. The van der Waals surface area contributed by atoms with E-state index in [1.807, 2.05) is 24.5 Å². The molecular formula is C18H22N4O2. The van der Waals surface area contributed by atoms with Crippen LogP contribution >= 0.6 is 0 Å². The zero-order valence-corrected chi connectivity index (χ0v) is 13.6. The molecular weight excluding hydrogens is 304 g/mol. The van der Waals surface area contributed by atoms with Crippen LogP contribution in [-0.4, -0.2) is 48.9 Å². The van der Waals surface area contributed by atoms with Gasteiger partial charge < -0.3 is 19.7 Å². The van der Waals surface area contributed by atoms with Crippen LogP contribution in [0.1, 0.15) is 11.1 Å². The number of nitrogens with one attached hydrogen (secondary N) is 1. The first-order valence-corrected chi connectivity index (χ1v) is 8.47. The molecule has 1 fully saturated rings. The fourth-order valence-electron chi connectivity index (χ4n) is 3.11. The van der Waals surface area contributed by atoms with E-state index in [1.54, 1.807) is 0 Å². The van der Waals surface area contributed by atoms with Crippen LogP contribution in [0.3, 0.4) is 0 Å². The van der Waals surface area contributed by atoms with E-state index in [-0.39, 0.29) is 6.10 Å². The highest BCUT2D eigenvalue weighted by molar-refractivity contribution is 5.37. The summed E-state index contributed by atoms with van der Waals surface area (Å²) in [4.78, 5) is 11.1. The highest BCUT2D eigenvalue weighted by Crippen LogP contribution is 2.27. The molecule has 0 aliphatic carbocycles. The largest absolute Gasteiger partial charge is 0.488 e. The van der Waals surface area contributed by atoms with Crippen molar-refractivity contribution in [1.29, 1.82) is 0 Å². The smallest absolute Gasteiger partial charge is 0.225 e. The lowest BCUT2D eigenvalue weighted by molar-refractivity contribution is 0.122. The summed E-state index contributed by atoms with van der Waals surface area (Å²) >= 11 is 0. The summed E-state index contributed by atoms with van der Waals surface area (Å²) in [6, 6.07) is 8.24. The summed E-state index contributed by atoms with van der Waals surface area (Å²) in [7, 11) is 0. The van der Waals surface area contributed by atoms with Gasteiger partial charge in [-0.3, -0.25) is 0 Å². The first kappa shape index (κ1) is 15.4. The van der Waals surface area contributed by atoms with Gasteiger partial charge in [0.05, 0.1) is 13.2 Å². The van der Waals surface area contributed by atoms with Crippen molar-refractivity contribution >= 4 is 5.95 Å². The van der Waals surface area contributed by atoms with Crippen LogP contribution in [0.2, 0.25) is 0 Å². The molecule has 6 nitrogen and oxygen atoms in total. The predicted molar refractivity (Wildman–Crippen MR) is 91.3 cm³/mol. The average molecular weight is 326 g/mol. The van der Waals surface area contributed by atoms with E-state index >= 15 is 0 Å². The summed E-state index contributed by atoms with van der Waals surface area (Å²) < 4.78 is 11.3. The van der Waals surface area contributed by atoms with Gasteiger partial charge in [-0.05, 0) is 11.6 Å². The first-order valence-electron chi connectivity index (χ1n) is 8.47. The van der Waals surface area contributed by atoms with Crippen molar-refractivity contribution in [2.24, 2.45) is 0 Å². The maximum absolute atomic E-state index is 5.93. The minimum absolute atomic E-state index is 0.205. The van der Waals surface area contributed by atoms with Crippen molar-refractivity contribution in [1.82, 2.24) is 15.3 Å². The van der Waals surface area contributed by atoms with E-state index in [0.717, 1.165) is 63.1 Å². The van der Waals surface area contributed by atoms with Crippen molar-refractivity contribution in [2.75, 3.05) is 37.7 Å². The summed E-state index contributed by atoms with van der Waals surface area (Å²) in [5, 5.41) is 3.44. The van der Waals surface area contributed by atoms with Crippen LogP contribution in [-0.2, 0) is 17.7 Å². The Hall–Kier alpha value is -2.18. The predicted octanol–water partition coefficient (Wildman–Crippen LogP) is 1.41. The second kappa shape index (κ2) is 7.15. The molecule has 0 saturated carbocycles. The van der Waals surface area contributed by atoms with Crippen molar-refractivity contribution < 1.29 is 9.47 Å².